The third kappa shape index (κ3) is 3.09. The van der Waals surface area contributed by atoms with Crippen LogP contribution >= 0.6 is 0 Å². The summed E-state index contributed by atoms with van der Waals surface area (Å²) in [6.45, 7) is 7.13. The predicted molar refractivity (Wildman–Crippen MR) is 48.0 cm³/mol. The molecular weight excluding hydrogens is 154 g/mol. The first-order valence-corrected chi connectivity index (χ1v) is 4.57. The summed E-state index contributed by atoms with van der Waals surface area (Å²) in [6, 6.07) is 0. The average molecular weight is 173 g/mol. The van der Waals surface area contributed by atoms with E-state index in [-0.39, 0.29) is 5.54 Å². The van der Waals surface area contributed by atoms with Crippen molar-refractivity contribution in [2.75, 3.05) is 26.4 Å². The van der Waals surface area contributed by atoms with Crippen molar-refractivity contribution in [3.8, 4) is 0 Å². The van der Waals surface area contributed by atoms with Crippen LogP contribution in [0.15, 0.2) is 0 Å². The molecule has 1 aliphatic heterocycles. The Morgan fingerprint density at radius 3 is 2.58 bits per heavy atom. The Labute approximate surface area is 74.2 Å². The van der Waals surface area contributed by atoms with Crippen molar-refractivity contribution in [2.24, 2.45) is 11.7 Å². The molecule has 1 saturated heterocycles. The molecule has 72 valence electrons. The van der Waals surface area contributed by atoms with Crippen molar-refractivity contribution in [3.63, 3.8) is 0 Å². The van der Waals surface area contributed by atoms with E-state index < -0.39 is 0 Å². The van der Waals surface area contributed by atoms with Gasteiger partial charge in [-0.1, -0.05) is 13.8 Å². The molecule has 0 aliphatic carbocycles. The fourth-order valence-corrected chi connectivity index (χ4v) is 1.04. The third-order valence-corrected chi connectivity index (χ3v) is 2.01. The minimum absolute atomic E-state index is 0.184. The van der Waals surface area contributed by atoms with Gasteiger partial charge in [0.15, 0.2) is 0 Å². The lowest BCUT2D eigenvalue weighted by molar-refractivity contribution is -0.0922. The molecule has 3 nitrogen and oxygen atoms in total. The summed E-state index contributed by atoms with van der Waals surface area (Å²) < 4.78 is 10.5. The number of hydrogen-bond acceptors (Lipinski definition) is 3. The number of rotatable bonds is 5. The molecule has 0 amide bonds. The van der Waals surface area contributed by atoms with Crippen LogP contribution in [0.2, 0.25) is 0 Å². The van der Waals surface area contributed by atoms with E-state index in [2.05, 4.69) is 13.8 Å². The molecule has 3 heteroatoms. The first-order valence-electron chi connectivity index (χ1n) is 4.57. The van der Waals surface area contributed by atoms with Crippen molar-refractivity contribution in [1.82, 2.24) is 0 Å². The molecule has 0 atom stereocenters. The molecule has 0 aromatic heterocycles. The van der Waals surface area contributed by atoms with Crippen LogP contribution in [0.3, 0.4) is 0 Å². The van der Waals surface area contributed by atoms with Gasteiger partial charge in [-0.3, -0.25) is 0 Å². The second-order valence-electron chi connectivity index (χ2n) is 4.09. The maximum absolute atomic E-state index is 5.87. The van der Waals surface area contributed by atoms with Crippen LogP contribution in [0.4, 0.5) is 0 Å². The van der Waals surface area contributed by atoms with Crippen LogP contribution in [0.25, 0.3) is 0 Å². The van der Waals surface area contributed by atoms with Crippen LogP contribution in [-0.2, 0) is 9.47 Å². The Hall–Kier alpha value is -0.120. The van der Waals surface area contributed by atoms with Gasteiger partial charge < -0.3 is 15.2 Å². The molecule has 0 aromatic carbocycles. The van der Waals surface area contributed by atoms with Gasteiger partial charge in [0.1, 0.15) is 0 Å². The molecule has 0 spiro atoms. The summed E-state index contributed by atoms with van der Waals surface area (Å²) in [5.74, 6) is 0.705. The summed E-state index contributed by atoms with van der Waals surface area (Å²) in [5, 5.41) is 0. The largest absolute Gasteiger partial charge is 0.379 e. The molecule has 0 aromatic rings. The molecule has 1 aliphatic rings. The molecule has 1 rings (SSSR count). The minimum Gasteiger partial charge on any atom is -0.379 e. The molecule has 2 N–H and O–H groups in total. The topological polar surface area (TPSA) is 44.5 Å². The quantitative estimate of drug-likeness (QED) is 0.625. The lowest BCUT2D eigenvalue weighted by atomic mass is 10.0. The number of nitrogens with two attached hydrogens (primary N) is 1. The molecular formula is C9H19NO2. The second-order valence-corrected chi connectivity index (χ2v) is 4.09. The lowest BCUT2D eigenvalue weighted by Gasteiger charge is -2.37. The summed E-state index contributed by atoms with van der Waals surface area (Å²) in [5.41, 5.74) is 5.69. The number of hydrogen-bond donors (Lipinski definition) is 1. The summed E-state index contributed by atoms with van der Waals surface area (Å²) in [7, 11) is 0. The fraction of sp³-hybridized carbons (Fsp3) is 1.00. The molecule has 0 unspecified atom stereocenters. The van der Waals surface area contributed by atoms with Crippen molar-refractivity contribution in [1.29, 1.82) is 0 Å². The van der Waals surface area contributed by atoms with Gasteiger partial charge in [0.05, 0.1) is 25.4 Å². The van der Waals surface area contributed by atoms with Gasteiger partial charge in [-0.25, -0.2) is 0 Å². The van der Waals surface area contributed by atoms with Crippen molar-refractivity contribution < 1.29 is 9.47 Å². The van der Waals surface area contributed by atoms with Gasteiger partial charge in [-0.05, 0) is 12.3 Å². The minimum atomic E-state index is -0.184. The van der Waals surface area contributed by atoms with E-state index in [4.69, 9.17) is 15.2 Å². The molecule has 1 fully saturated rings. The zero-order valence-corrected chi connectivity index (χ0v) is 8.01. The van der Waals surface area contributed by atoms with Crippen LogP contribution < -0.4 is 5.73 Å². The zero-order valence-electron chi connectivity index (χ0n) is 8.01. The third-order valence-electron chi connectivity index (χ3n) is 2.01. The highest BCUT2D eigenvalue weighted by Crippen LogP contribution is 2.13. The van der Waals surface area contributed by atoms with Gasteiger partial charge in [-0.15, -0.1) is 0 Å². The maximum atomic E-state index is 5.87. The Kier molecular flexibility index (Phi) is 3.50. The second kappa shape index (κ2) is 4.21. The van der Waals surface area contributed by atoms with E-state index in [1.165, 1.54) is 0 Å². The fourth-order valence-electron chi connectivity index (χ4n) is 1.04. The summed E-state index contributed by atoms with van der Waals surface area (Å²) in [6.07, 6.45) is 1.11. The summed E-state index contributed by atoms with van der Waals surface area (Å²) in [4.78, 5) is 0. The molecule has 0 saturated carbocycles. The lowest BCUT2D eigenvalue weighted by Crippen LogP contribution is -2.60. The Bertz CT molecular complexity index is 132. The van der Waals surface area contributed by atoms with Crippen LogP contribution in [0, 0.1) is 5.92 Å². The van der Waals surface area contributed by atoms with E-state index >= 15 is 0 Å². The van der Waals surface area contributed by atoms with Crippen molar-refractivity contribution in [3.05, 3.63) is 0 Å². The maximum Gasteiger partial charge on any atom is 0.0865 e. The highest BCUT2D eigenvalue weighted by Gasteiger charge is 2.34. The predicted octanol–water partition coefficient (Wildman–Crippen LogP) is 0.777. The van der Waals surface area contributed by atoms with E-state index in [0.29, 0.717) is 25.7 Å². The van der Waals surface area contributed by atoms with Gasteiger partial charge in [-0.2, -0.15) is 0 Å². The normalized spacial score (nSPS) is 21.0. The average Bonchev–Trinajstić information content (AvgIpc) is 1.94. The first kappa shape index (κ1) is 9.96. The Balaban J connectivity index is 1.95. The van der Waals surface area contributed by atoms with Crippen LogP contribution in [-0.4, -0.2) is 32.0 Å². The van der Waals surface area contributed by atoms with E-state index in [1.807, 2.05) is 0 Å². The van der Waals surface area contributed by atoms with Crippen LogP contribution in [0.1, 0.15) is 20.3 Å². The van der Waals surface area contributed by atoms with E-state index in [0.717, 1.165) is 13.0 Å². The monoisotopic (exact) mass is 173 g/mol. The number of ether oxygens (including phenoxy) is 2. The zero-order chi connectivity index (χ0) is 9.03. The van der Waals surface area contributed by atoms with Crippen LogP contribution in [0.5, 0.6) is 0 Å². The Morgan fingerprint density at radius 2 is 2.17 bits per heavy atom. The van der Waals surface area contributed by atoms with Gasteiger partial charge in [0.25, 0.3) is 0 Å². The molecule has 0 bridgehead atoms. The van der Waals surface area contributed by atoms with Gasteiger partial charge in [0.2, 0.25) is 0 Å². The van der Waals surface area contributed by atoms with Crippen molar-refractivity contribution in [2.45, 2.75) is 25.8 Å². The van der Waals surface area contributed by atoms with E-state index in [1.54, 1.807) is 0 Å². The molecule has 12 heavy (non-hydrogen) atoms. The van der Waals surface area contributed by atoms with Gasteiger partial charge >= 0.3 is 0 Å². The first-order chi connectivity index (χ1) is 5.62. The molecule has 1 heterocycles. The summed E-state index contributed by atoms with van der Waals surface area (Å²) >= 11 is 0. The molecule has 0 radical (unpaired) electrons. The van der Waals surface area contributed by atoms with E-state index in [9.17, 15) is 0 Å². The Morgan fingerprint density at radius 1 is 1.50 bits per heavy atom. The van der Waals surface area contributed by atoms with Crippen molar-refractivity contribution >= 4 is 0 Å². The highest BCUT2D eigenvalue weighted by atomic mass is 16.5. The SMILES string of the molecule is CC(C)CCOCC1(N)COC1. The standard InChI is InChI=1S/C9H19NO2/c1-8(2)3-4-11-5-9(10)6-12-7-9/h8H,3-7,10H2,1-2H3. The smallest absolute Gasteiger partial charge is 0.0865 e. The highest BCUT2D eigenvalue weighted by molar-refractivity contribution is 4.90. The van der Waals surface area contributed by atoms with Gasteiger partial charge in [0, 0.05) is 6.61 Å².